The molecule has 0 spiro atoms. The first-order valence-electron chi connectivity index (χ1n) is 5.02. The predicted molar refractivity (Wildman–Crippen MR) is 61.4 cm³/mol. The lowest BCUT2D eigenvalue weighted by molar-refractivity contribution is 0.148. The fourth-order valence-corrected chi connectivity index (χ4v) is 1.12. The van der Waals surface area contributed by atoms with E-state index in [0.29, 0.717) is 11.3 Å². The lowest BCUT2D eigenvalue weighted by atomic mass is 10.1. The van der Waals surface area contributed by atoms with Crippen molar-refractivity contribution in [1.29, 1.82) is 5.26 Å². The summed E-state index contributed by atoms with van der Waals surface area (Å²) in [5.74, 6) is 0.379. The van der Waals surface area contributed by atoms with Gasteiger partial charge in [-0.15, -0.1) is 0 Å². The van der Waals surface area contributed by atoms with Crippen molar-refractivity contribution < 1.29 is 14.6 Å². The summed E-state index contributed by atoms with van der Waals surface area (Å²) in [6, 6.07) is 6.65. The average molecular weight is 223 g/mol. The molecule has 0 fully saturated rings. The molecule has 0 radical (unpaired) electrons. The number of hydrogen-bond acceptors (Lipinski definition) is 4. The Bertz CT molecular complexity index is 358. The molecule has 0 amide bonds. The van der Waals surface area contributed by atoms with Crippen LogP contribution in [0.15, 0.2) is 18.2 Å². The molecule has 0 bridgehead atoms. The molecule has 0 aliphatic heterocycles. The van der Waals surface area contributed by atoms with E-state index < -0.39 is 6.10 Å². The molecule has 88 valence electrons. The van der Waals surface area contributed by atoms with E-state index in [1.807, 2.05) is 19.9 Å². The van der Waals surface area contributed by atoms with Crippen molar-refractivity contribution in [1.82, 2.24) is 0 Å². The van der Waals surface area contributed by atoms with E-state index in [-0.39, 0.29) is 5.75 Å². The molecule has 0 saturated heterocycles. The third-order valence-corrected chi connectivity index (χ3v) is 1.86. The molecule has 0 aromatic heterocycles. The Hall–Kier alpha value is -1.73. The van der Waals surface area contributed by atoms with E-state index in [9.17, 15) is 5.11 Å². The molecular formula is C12H17NO3. The Morgan fingerprint density at radius 1 is 1.31 bits per heavy atom. The Morgan fingerprint density at radius 2 is 1.94 bits per heavy atom. The molecule has 0 saturated carbocycles. The van der Waals surface area contributed by atoms with E-state index in [0.717, 1.165) is 0 Å². The van der Waals surface area contributed by atoms with Crippen LogP contribution in [0.2, 0.25) is 0 Å². The van der Waals surface area contributed by atoms with E-state index in [2.05, 4.69) is 0 Å². The van der Waals surface area contributed by atoms with E-state index in [1.54, 1.807) is 12.1 Å². The molecule has 0 aliphatic rings. The van der Waals surface area contributed by atoms with Crippen LogP contribution in [0.3, 0.4) is 0 Å². The number of methoxy groups -OCH3 is 2. The number of hydrogen-bond donors (Lipinski definition) is 1. The van der Waals surface area contributed by atoms with E-state index in [1.165, 1.54) is 20.3 Å². The van der Waals surface area contributed by atoms with Crippen LogP contribution < -0.4 is 4.74 Å². The van der Waals surface area contributed by atoms with E-state index in [4.69, 9.17) is 14.7 Å². The standard InChI is InChI=1S/C10H11NO3.C2H6/c1-13-9-5-7(3-4-8(9)12)10(6-11)14-2;1-2/h3-5,10,12H,1-2H3;1-2H3. The third-order valence-electron chi connectivity index (χ3n) is 1.86. The van der Waals surface area contributed by atoms with Crippen molar-refractivity contribution in [2.24, 2.45) is 0 Å². The van der Waals surface area contributed by atoms with Gasteiger partial charge < -0.3 is 14.6 Å². The molecule has 1 aromatic rings. The van der Waals surface area contributed by atoms with E-state index >= 15 is 0 Å². The minimum atomic E-state index is -0.635. The Morgan fingerprint density at radius 3 is 2.38 bits per heavy atom. The Kier molecular flexibility index (Phi) is 6.73. The monoisotopic (exact) mass is 223 g/mol. The molecule has 1 aromatic carbocycles. The van der Waals surface area contributed by atoms with Crippen LogP contribution in [-0.4, -0.2) is 19.3 Å². The topological polar surface area (TPSA) is 62.5 Å². The molecule has 1 unspecified atom stereocenters. The number of ether oxygens (including phenoxy) is 2. The number of phenols is 1. The normalized spacial score (nSPS) is 10.7. The Labute approximate surface area is 96.0 Å². The number of benzene rings is 1. The van der Waals surface area contributed by atoms with Crippen LogP contribution in [0.1, 0.15) is 25.5 Å². The van der Waals surface area contributed by atoms with Gasteiger partial charge in [0.05, 0.1) is 13.2 Å². The molecule has 1 atom stereocenters. The average Bonchev–Trinajstić information content (AvgIpc) is 2.35. The highest BCUT2D eigenvalue weighted by atomic mass is 16.5. The van der Waals surface area contributed by atoms with Crippen molar-refractivity contribution in [2.45, 2.75) is 20.0 Å². The fraction of sp³-hybridized carbons (Fsp3) is 0.417. The molecule has 1 rings (SSSR count). The maximum atomic E-state index is 9.31. The summed E-state index contributed by atoms with van der Waals surface area (Å²) in [7, 11) is 2.90. The lowest BCUT2D eigenvalue weighted by Crippen LogP contribution is -1.98. The summed E-state index contributed by atoms with van der Waals surface area (Å²) in [6.45, 7) is 4.00. The smallest absolute Gasteiger partial charge is 0.168 e. The second kappa shape index (κ2) is 7.55. The zero-order valence-electron chi connectivity index (χ0n) is 10.0. The van der Waals surface area contributed by atoms with Crippen LogP contribution in [0, 0.1) is 11.3 Å². The first-order chi connectivity index (χ1) is 7.72. The largest absolute Gasteiger partial charge is 0.504 e. The van der Waals surface area contributed by atoms with Crippen LogP contribution in [0.25, 0.3) is 0 Å². The van der Waals surface area contributed by atoms with Gasteiger partial charge in [0.25, 0.3) is 0 Å². The first-order valence-corrected chi connectivity index (χ1v) is 5.02. The van der Waals surface area contributed by atoms with Gasteiger partial charge in [0.15, 0.2) is 17.6 Å². The van der Waals surface area contributed by atoms with Crippen molar-refractivity contribution in [3.63, 3.8) is 0 Å². The molecule has 0 aliphatic carbocycles. The van der Waals surface area contributed by atoms with Crippen molar-refractivity contribution in [3.8, 4) is 17.6 Å². The SMILES string of the molecule is CC.COc1cc(C(C#N)OC)ccc1O. The molecule has 4 heteroatoms. The maximum Gasteiger partial charge on any atom is 0.168 e. The summed E-state index contributed by atoms with van der Waals surface area (Å²) in [4.78, 5) is 0. The van der Waals surface area contributed by atoms with Gasteiger partial charge in [-0.2, -0.15) is 5.26 Å². The number of nitrogens with zero attached hydrogens (tertiary/aromatic N) is 1. The molecule has 0 heterocycles. The minimum absolute atomic E-state index is 0.0454. The second-order valence-corrected chi connectivity index (χ2v) is 2.68. The summed E-state index contributed by atoms with van der Waals surface area (Å²) < 4.78 is 9.84. The molecular weight excluding hydrogens is 206 g/mol. The van der Waals surface area contributed by atoms with Crippen molar-refractivity contribution >= 4 is 0 Å². The minimum Gasteiger partial charge on any atom is -0.504 e. The third kappa shape index (κ3) is 3.44. The fourth-order valence-electron chi connectivity index (χ4n) is 1.12. The zero-order valence-corrected chi connectivity index (χ0v) is 10.0. The number of rotatable bonds is 3. The van der Waals surface area contributed by atoms with Gasteiger partial charge in [0.2, 0.25) is 0 Å². The highest BCUT2D eigenvalue weighted by Crippen LogP contribution is 2.29. The van der Waals surface area contributed by atoms with Crippen LogP contribution in [0.5, 0.6) is 11.5 Å². The van der Waals surface area contributed by atoms with Crippen molar-refractivity contribution in [3.05, 3.63) is 23.8 Å². The van der Waals surface area contributed by atoms with Crippen LogP contribution in [0.4, 0.5) is 0 Å². The highest BCUT2D eigenvalue weighted by molar-refractivity contribution is 5.43. The summed E-state index contributed by atoms with van der Waals surface area (Å²) >= 11 is 0. The van der Waals surface area contributed by atoms with Gasteiger partial charge in [0, 0.05) is 7.11 Å². The lowest BCUT2D eigenvalue weighted by Gasteiger charge is -2.09. The summed E-state index contributed by atoms with van der Waals surface area (Å²) in [5.41, 5.74) is 0.657. The zero-order chi connectivity index (χ0) is 12.6. The van der Waals surface area contributed by atoms with Gasteiger partial charge in [-0.05, 0) is 17.7 Å². The molecule has 1 N–H and O–H groups in total. The Balaban J connectivity index is 0.00000106. The quantitative estimate of drug-likeness (QED) is 0.855. The predicted octanol–water partition coefficient (Wildman–Crippen LogP) is 2.64. The van der Waals surface area contributed by atoms with Gasteiger partial charge in [-0.1, -0.05) is 19.9 Å². The van der Waals surface area contributed by atoms with Gasteiger partial charge in [-0.3, -0.25) is 0 Å². The highest BCUT2D eigenvalue weighted by Gasteiger charge is 2.11. The summed E-state index contributed by atoms with van der Waals surface area (Å²) in [5, 5.41) is 18.0. The first kappa shape index (κ1) is 14.3. The maximum absolute atomic E-state index is 9.31. The van der Waals surface area contributed by atoms with Gasteiger partial charge in [-0.25, -0.2) is 0 Å². The number of aromatic hydroxyl groups is 1. The van der Waals surface area contributed by atoms with Gasteiger partial charge in [0.1, 0.15) is 0 Å². The summed E-state index contributed by atoms with van der Waals surface area (Å²) in [6.07, 6.45) is -0.635. The van der Waals surface area contributed by atoms with Crippen LogP contribution >= 0.6 is 0 Å². The number of nitriles is 1. The van der Waals surface area contributed by atoms with Crippen molar-refractivity contribution in [2.75, 3.05) is 14.2 Å². The molecule has 16 heavy (non-hydrogen) atoms. The van der Waals surface area contributed by atoms with Gasteiger partial charge >= 0.3 is 0 Å². The molecule has 4 nitrogen and oxygen atoms in total. The number of phenolic OH excluding ortho intramolecular Hbond substituents is 1. The second-order valence-electron chi connectivity index (χ2n) is 2.68. The van der Waals surface area contributed by atoms with Crippen LogP contribution in [-0.2, 0) is 4.74 Å².